The molecule has 0 aliphatic carbocycles. The molecule has 20 heavy (non-hydrogen) atoms. The predicted octanol–water partition coefficient (Wildman–Crippen LogP) is 0.641. The first-order chi connectivity index (χ1) is 9.60. The van der Waals surface area contributed by atoms with Gasteiger partial charge in [-0.2, -0.15) is 0 Å². The molecule has 2 aliphatic heterocycles. The molecule has 6 heteroatoms. The molecule has 1 aromatic carbocycles. The molecule has 2 aliphatic rings. The summed E-state index contributed by atoms with van der Waals surface area (Å²) in [5.41, 5.74) is 0.860. The molecule has 3 rings (SSSR count). The summed E-state index contributed by atoms with van der Waals surface area (Å²) < 4.78 is 18.9. The van der Waals surface area contributed by atoms with Crippen LogP contribution in [0.3, 0.4) is 0 Å². The van der Waals surface area contributed by atoms with Gasteiger partial charge in [0, 0.05) is 24.1 Å². The largest absolute Gasteiger partial charge is 0.494 e. The van der Waals surface area contributed by atoms with Gasteiger partial charge in [-0.05, 0) is 37.3 Å². The van der Waals surface area contributed by atoms with E-state index in [9.17, 15) is 14.4 Å². The van der Waals surface area contributed by atoms with E-state index < -0.39 is 12.9 Å². The van der Waals surface area contributed by atoms with Crippen molar-refractivity contribution >= 4 is 12.6 Å². The summed E-state index contributed by atoms with van der Waals surface area (Å²) in [6.07, 6.45) is 4.88. The SMILES string of the molecule is COc1c(F)cc(CN2C3CCC2CC3)cc1B(O)O. The molecule has 1 aromatic rings. The van der Waals surface area contributed by atoms with Crippen molar-refractivity contribution < 1.29 is 19.2 Å². The average Bonchev–Trinajstić information content (AvgIpc) is 2.97. The van der Waals surface area contributed by atoms with Crippen molar-refractivity contribution in [3.63, 3.8) is 0 Å². The highest BCUT2D eigenvalue weighted by Crippen LogP contribution is 2.38. The van der Waals surface area contributed by atoms with Crippen molar-refractivity contribution in [2.75, 3.05) is 7.11 Å². The fourth-order valence-electron chi connectivity index (χ4n) is 3.66. The molecule has 0 saturated carbocycles. The highest BCUT2D eigenvalue weighted by atomic mass is 19.1. The Morgan fingerprint density at radius 3 is 2.35 bits per heavy atom. The monoisotopic (exact) mass is 279 g/mol. The zero-order chi connectivity index (χ0) is 14.3. The first kappa shape index (κ1) is 13.9. The number of benzene rings is 1. The van der Waals surface area contributed by atoms with Crippen molar-refractivity contribution in [1.82, 2.24) is 4.90 Å². The van der Waals surface area contributed by atoms with E-state index in [-0.39, 0.29) is 11.2 Å². The topological polar surface area (TPSA) is 52.9 Å². The maximum Gasteiger partial charge on any atom is 0.492 e. The van der Waals surface area contributed by atoms with Gasteiger partial charge < -0.3 is 14.8 Å². The Morgan fingerprint density at radius 2 is 1.85 bits per heavy atom. The van der Waals surface area contributed by atoms with Gasteiger partial charge in [0.2, 0.25) is 0 Å². The Morgan fingerprint density at radius 1 is 1.25 bits per heavy atom. The van der Waals surface area contributed by atoms with Crippen molar-refractivity contribution in [1.29, 1.82) is 0 Å². The Bertz CT molecular complexity index is 491. The summed E-state index contributed by atoms with van der Waals surface area (Å²) in [7, 11) is -0.403. The van der Waals surface area contributed by atoms with Crippen LogP contribution in [0, 0.1) is 5.82 Å². The number of fused-ring (bicyclic) bond motifs is 2. The molecule has 0 spiro atoms. The summed E-state index contributed by atoms with van der Waals surface area (Å²) >= 11 is 0. The maximum atomic E-state index is 14.0. The lowest BCUT2D eigenvalue weighted by molar-refractivity contribution is 0.243. The minimum Gasteiger partial charge on any atom is -0.494 e. The normalized spacial score (nSPS) is 25.2. The lowest BCUT2D eigenvalue weighted by Gasteiger charge is -2.22. The number of hydrogen-bond acceptors (Lipinski definition) is 4. The second-order valence-corrected chi connectivity index (χ2v) is 5.71. The van der Waals surface area contributed by atoms with E-state index >= 15 is 0 Å². The van der Waals surface area contributed by atoms with Crippen LogP contribution in [0.15, 0.2) is 12.1 Å². The van der Waals surface area contributed by atoms with E-state index in [0.29, 0.717) is 18.6 Å². The van der Waals surface area contributed by atoms with Gasteiger partial charge in [0.25, 0.3) is 0 Å². The minimum absolute atomic E-state index is 0.0897. The van der Waals surface area contributed by atoms with Crippen LogP contribution in [-0.2, 0) is 6.54 Å². The standard InChI is InChI=1S/C14H19BFNO3/c1-20-14-12(15(18)19)6-9(7-13(14)16)8-17-10-2-3-11(17)5-4-10/h6-7,10-11,18-19H,2-5,8H2,1H3. The predicted molar refractivity (Wildman–Crippen MR) is 74.4 cm³/mol. The number of nitrogens with zero attached hydrogens (tertiary/aromatic N) is 1. The van der Waals surface area contributed by atoms with E-state index in [0.717, 1.165) is 5.56 Å². The van der Waals surface area contributed by atoms with Gasteiger partial charge in [0.15, 0.2) is 11.6 Å². The van der Waals surface area contributed by atoms with E-state index in [4.69, 9.17) is 4.74 Å². The van der Waals surface area contributed by atoms with Gasteiger partial charge in [-0.3, -0.25) is 4.90 Å². The van der Waals surface area contributed by atoms with E-state index in [1.165, 1.54) is 38.9 Å². The van der Waals surface area contributed by atoms with Crippen molar-refractivity contribution in [2.45, 2.75) is 44.3 Å². The number of ether oxygens (including phenoxy) is 1. The third-order valence-electron chi connectivity index (χ3n) is 4.58. The summed E-state index contributed by atoms with van der Waals surface area (Å²) in [6, 6.07) is 4.27. The molecule has 0 aromatic heterocycles. The molecule has 2 heterocycles. The fraction of sp³-hybridized carbons (Fsp3) is 0.571. The Hall–Kier alpha value is -1.11. The second kappa shape index (κ2) is 5.35. The zero-order valence-corrected chi connectivity index (χ0v) is 11.6. The average molecular weight is 279 g/mol. The zero-order valence-electron chi connectivity index (χ0n) is 11.6. The molecule has 108 valence electrons. The Balaban J connectivity index is 1.87. The van der Waals surface area contributed by atoms with Crippen molar-refractivity contribution in [2.24, 2.45) is 0 Å². The van der Waals surface area contributed by atoms with Crippen LogP contribution < -0.4 is 10.2 Å². The second-order valence-electron chi connectivity index (χ2n) is 5.71. The van der Waals surface area contributed by atoms with Gasteiger partial charge in [-0.15, -0.1) is 0 Å². The quantitative estimate of drug-likeness (QED) is 0.794. The van der Waals surface area contributed by atoms with E-state index in [1.54, 1.807) is 6.07 Å². The van der Waals surface area contributed by atoms with E-state index in [1.807, 2.05) is 0 Å². The van der Waals surface area contributed by atoms with Crippen LogP contribution in [0.2, 0.25) is 0 Å². The van der Waals surface area contributed by atoms with Gasteiger partial charge in [-0.25, -0.2) is 4.39 Å². The number of halogens is 1. The van der Waals surface area contributed by atoms with Gasteiger partial charge >= 0.3 is 7.12 Å². The molecule has 0 atom stereocenters. The smallest absolute Gasteiger partial charge is 0.492 e. The highest BCUT2D eigenvalue weighted by molar-refractivity contribution is 6.59. The molecule has 2 N–H and O–H groups in total. The van der Waals surface area contributed by atoms with Gasteiger partial charge in [0.05, 0.1) is 7.11 Å². The number of hydrogen-bond donors (Lipinski definition) is 2. The first-order valence-electron chi connectivity index (χ1n) is 7.08. The summed E-state index contributed by atoms with van der Waals surface area (Å²) in [6.45, 7) is 0.663. The molecule has 2 bridgehead atoms. The molecule has 2 fully saturated rings. The van der Waals surface area contributed by atoms with Crippen LogP contribution >= 0.6 is 0 Å². The third-order valence-corrected chi connectivity index (χ3v) is 4.58. The van der Waals surface area contributed by atoms with Crippen LogP contribution in [0.1, 0.15) is 31.2 Å². The van der Waals surface area contributed by atoms with Crippen LogP contribution in [0.5, 0.6) is 5.75 Å². The lowest BCUT2D eigenvalue weighted by Crippen LogP contribution is -2.34. The van der Waals surface area contributed by atoms with Crippen LogP contribution in [0.4, 0.5) is 4.39 Å². The van der Waals surface area contributed by atoms with Crippen molar-refractivity contribution in [3.8, 4) is 5.75 Å². The van der Waals surface area contributed by atoms with Crippen LogP contribution in [0.25, 0.3) is 0 Å². The molecular formula is C14H19BFNO3. The van der Waals surface area contributed by atoms with Crippen LogP contribution in [-0.4, -0.2) is 41.3 Å². The summed E-state index contributed by atoms with van der Waals surface area (Å²) in [4.78, 5) is 2.41. The molecular weight excluding hydrogens is 260 g/mol. The number of rotatable bonds is 4. The van der Waals surface area contributed by atoms with E-state index in [2.05, 4.69) is 4.90 Å². The maximum absolute atomic E-state index is 14.0. The highest BCUT2D eigenvalue weighted by Gasteiger charge is 2.39. The molecule has 0 amide bonds. The number of methoxy groups -OCH3 is 1. The molecule has 2 saturated heterocycles. The lowest BCUT2D eigenvalue weighted by atomic mass is 9.78. The summed E-state index contributed by atoms with van der Waals surface area (Å²) in [5.74, 6) is -0.632. The minimum atomic E-state index is -1.73. The Labute approximate surface area is 118 Å². The summed E-state index contributed by atoms with van der Waals surface area (Å²) in [5, 5.41) is 18.7. The van der Waals surface area contributed by atoms with Gasteiger partial charge in [-0.1, -0.05) is 6.07 Å². The first-order valence-corrected chi connectivity index (χ1v) is 7.08. The Kier molecular flexibility index (Phi) is 3.71. The fourth-order valence-corrected chi connectivity index (χ4v) is 3.66. The third kappa shape index (κ3) is 2.32. The molecule has 4 nitrogen and oxygen atoms in total. The molecule has 0 radical (unpaired) electrons. The molecule has 0 unspecified atom stereocenters. The van der Waals surface area contributed by atoms with Gasteiger partial charge in [0.1, 0.15) is 0 Å². The van der Waals surface area contributed by atoms with Crippen molar-refractivity contribution in [3.05, 3.63) is 23.5 Å².